The third kappa shape index (κ3) is 2.49. The Kier molecular flexibility index (Phi) is 3.83. The van der Waals surface area contributed by atoms with Crippen LogP contribution in [0.2, 0.25) is 0 Å². The maximum atomic E-state index is 6.41. The molecule has 1 fully saturated rings. The Morgan fingerprint density at radius 3 is 2.80 bits per heavy atom. The Morgan fingerprint density at radius 2 is 2.10 bits per heavy atom. The highest BCUT2D eigenvalue weighted by Gasteiger charge is 2.25. The van der Waals surface area contributed by atoms with Gasteiger partial charge in [-0.3, -0.25) is 0 Å². The number of anilines is 2. The van der Waals surface area contributed by atoms with Crippen molar-refractivity contribution in [3.05, 3.63) is 17.6 Å². The molecule has 1 saturated carbocycles. The molecule has 2 aromatic rings. The first-order valence-electron chi connectivity index (χ1n) is 7.55. The quantitative estimate of drug-likeness (QED) is 0.854. The van der Waals surface area contributed by atoms with Crippen LogP contribution in [0.15, 0.2) is 17.6 Å². The molecule has 0 saturated heterocycles. The van der Waals surface area contributed by atoms with E-state index < -0.39 is 0 Å². The predicted molar refractivity (Wildman–Crippen MR) is 88.5 cm³/mol. The normalized spacial score (nSPS) is 16.4. The number of nitrogens with two attached hydrogens (primary N) is 1. The standard InChI is InChI=1S/C16H23N3S/c1-11(2)9-19(12-5-3-4-6-12)13-7-8-14-16(15(13)17)18-10-20-14/h7-8,10-12H,3-6,9,17H2,1-2H3. The van der Waals surface area contributed by atoms with Gasteiger partial charge in [-0.2, -0.15) is 0 Å². The lowest BCUT2D eigenvalue weighted by Gasteiger charge is -2.33. The van der Waals surface area contributed by atoms with Crippen molar-refractivity contribution in [2.45, 2.75) is 45.6 Å². The van der Waals surface area contributed by atoms with Crippen LogP contribution in [0.25, 0.3) is 10.2 Å². The lowest BCUT2D eigenvalue weighted by molar-refractivity contribution is 0.536. The maximum Gasteiger partial charge on any atom is 0.106 e. The molecule has 2 N–H and O–H groups in total. The molecule has 0 amide bonds. The zero-order chi connectivity index (χ0) is 14.1. The Labute approximate surface area is 124 Å². The minimum atomic E-state index is 0.640. The molecule has 1 aromatic carbocycles. The van der Waals surface area contributed by atoms with E-state index in [0.717, 1.165) is 17.7 Å². The van der Waals surface area contributed by atoms with Gasteiger partial charge in [-0.25, -0.2) is 4.98 Å². The highest BCUT2D eigenvalue weighted by molar-refractivity contribution is 7.16. The van der Waals surface area contributed by atoms with Crippen LogP contribution in [0.1, 0.15) is 39.5 Å². The highest BCUT2D eigenvalue weighted by atomic mass is 32.1. The van der Waals surface area contributed by atoms with Gasteiger partial charge < -0.3 is 10.6 Å². The molecule has 4 heteroatoms. The van der Waals surface area contributed by atoms with Crippen LogP contribution < -0.4 is 10.6 Å². The van der Waals surface area contributed by atoms with E-state index in [2.05, 4.69) is 35.9 Å². The lowest BCUT2D eigenvalue weighted by atomic mass is 10.1. The van der Waals surface area contributed by atoms with E-state index in [1.165, 1.54) is 36.1 Å². The van der Waals surface area contributed by atoms with E-state index in [-0.39, 0.29) is 0 Å². The molecule has 1 aliphatic carbocycles. The van der Waals surface area contributed by atoms with Crippen LogP contribution >= 0.6 is 11.3 Å². The summed E-state index contributed by atoms with van der Waals surface area (Å²) in [7, 11) is 0. The van der Waals surface area contributed by atoms with Crippen LogP contribution in [0, 0.1) is 5.92 Å². The van der Waals surface area contributed by atoms with Crippen molar-refractivity contribution in [2.75, 3.05) is 17.2 Å². The van der Waals surface area contributed by atoms with E-state index in [4.69, 9.17) is 5.73 Å². The van der Waals surface area contributed by atoms with Gasteiger partial charge in [-0.1, -0.05) is 26.7 Å². The number of fused-ring (bicyclic) bond motifs is 1. The minimum Gasteiger partial charge on any atom is -0.395 e. The molecule has 0 spiro atoms. The Morgan fingerprint density at radius 1 is 1.35 bits per heavy atom. The fourth-order valence-corrected chi connectivity index (χ4v) is 3.94. The third-order valence-electron chi connectivity index (χ3n) is 4.16. The van der Waals surface area contributed by atoms with Crippen LogP contribution in [0.5, 0.6) is 0 Å². The Bertz CT molecular complexity index is 584. The summed E-state index contributed by atoms with van der Waals surface area (Å²) in [5, 5.41) is 0. The summed E-state index contributed by atoms with van der Waals surface area (Å²) in [4.78, 5) is 6.97. The summed E-state index contributed by atoms with van der Waals surface area (Å²) in [5.41, 5.74) is 11.3. The molecule has 1 heterocycles. The van der Waals surface area contributed by atoms with Crippen molar-refractivity contribution in [3.63, 3.8) is 0 Å². The summed E-state index contributed by atoms with van der Waals surface area (Å²) in [5.74, 6) is 0.640. The van der Waals surface area contributed by atoms with Crippen LogP contribution in [-0.2, 0) is 0 Å². The second-order valence-electron chi connectivity index (χ2n) is 6.18. The van der Waals surface area contributed by atoms with Crippen molar-refractivity contribution >= 4 is 32.9 Å². The Balaban J connectivity index is 2.00. The summed E-state index contributed by atoms with van der Waals surface area (Å²) in [6, 6.07) is 5.01. The molecule has 3 rings (SSSR count). The van der Waals surface area contributed by atoms with Gasteiger partial charge in [-0.05, 0) is 30.9 Å². The SMILES string of the molecule is CC(C)CN(c1ccc2scnc2c1N)C1CCCC1. The highest BCUT2D eigenvalue weighted by Crippen LogP contribution is 2.36. The molecule has 1 aromatic heterocycles. The smallest absolute Gasteiger partial charge is 0.106 e. The Hall–Kier alpha value is -1.29. The van der Waals surface area contributed by atoms with Gasteiger partial charge in [0.15, 0.2) is 0 Å². The van der Waals surface area contributed by atoms with Crippen molar-refractivity contribution < 1.29 is 0 Å². The summed E-state index contributed by atoms with van der Waals surface area (Å²) in [6.45, 7) is 5.63. The molecule has 0 bridgehead atoms. The monoisotopic (exact) mass is 289 g/mol. The first-order chi connectivity index (χ1) is 9.66. The fourth-order valence-electron chi connectivity index (χ4n) is 3.25. The molecule has 0 atom stereocenters. The molecule has 0 aliphatic heterocycles. The van der Waals surface area contributed by atoms with Crippen molar-refractivity contribution in [1.29, 1.82) is 0 Å². The summed E-state index contributed by atoms with van der Waals surface area (Å²) >= 11 is 1.66. The number of hydrogen-bond donors (Lipinski definition) is 1. The van der Waals surface area contributed by atoms with E-state index >= 15 is 0 Å². The van der Waals surface area contributed by atoms with Crippen molar-refractivity contribution in [2.24, 2.45) is 5.92 Å². The van der Waals surface area contributed by atoms with E-state index in [9.17, 15) is 0 Å². The average Bonchev–Trinajstić information content (AvgIpc) is 3.08. The molecule has 0 unspecified atom stereocenters. The molecule has 108 valence electrons. The van der Waals surface area contributed by atoms with Gasteiger partial charge in [0.1, 0.15) is 5.52 Å². The lowest BCUT2D eigenvalue weighted by Crippen LogP contribution is -2.36. The third-order valence-corrected chi connectivity index (χ3v) is 4.95. The number of aromatic nitrogens is 1. The van der Waals surface area contributed by atoms with E-state index in [1.807, 2.05) is 5.51 Å². The summed E-state index contributed by atoms with van der Waals surface area (Å²) in [6.07, 6.45) is 5.28. The van der Waals surface area contributed by atoms with Crippen LogP contribution in [0.4, 0.5) is 11.4 Å². The molecule has 0 radical (unpaired) electrons. The van der Waals surface area contributed by atoms with Gasteiger partial charge in [-0.15, -0.1) is 11.3 Å². The number of hydrogen-bond acceptors (Lipinski definition) is 4. The van der Waals surface area contributed by atoms with Crippen LogP contribution in [0.3, 0.4) is 0 Å². The topological polar surface area (TPSA) is 42.2 Å². The number of rotatable bonds is 4. The van der Waals surface area contributed by atoms with Gasteiger partial charge >= 0.3 is 0 Å². The zero-order valence-electron chi connectivity index (χ0n) is 12.3. The molecule has 20 heavy (non-hydrogen) atoms. The van der Waals surface area contributed by atoms with Gasteiger partial charge in [0.25, 0.3) is 0 Å². The molecule has 3 nitrogen and oxygen atoms in total. The second-order valence-corrected chi connectivity index (χ2v) is 7.07. The van der Waals surface area contributed by atoms with Crippen molar-refractivity contribution in [3.8, 4) is 0 Å². The zero-order valence-corrected chi connectivity index (χ0v) is 13.1. The summed E-state index contributed by atoms with van der Waals surface area (Å²) < 4.78 is 1.18. The number of thiazole rings is 1. The number of benzene rings is 1. The van der Waals surface area contributed by atoms with Crippen LogP contribution in [-0.4, -0.2) is 17.6 Å². The van der Waals surface area contributed by atoms with Gasteiger partial charge in [0.2, 0.25) is 0 Å². The molecular weight excluding hydrogens is 266 g/mol. The predicted octanol–water partition coefficient (Wildman–Crippen LogP) is 4.28. The number of nitrogen functional groups attached to an aromatic ring is 1. The largest absolute Gasteiger partial charge is 0.395 e. The molecular formula is C16H23N3S. The van der Waals surface area contributed by atoms with Gasteiger partial charge in [0.05, 0.1) is 21.6 Å². The number of nitrogens with zero attached hydrogens (tertiary/aromatic N) is 2. The fraction of sp³-hybridized carbons (Fsp3) is 0.562. The second kappa shape index (κ2) is 5.60. The van der Waals surface area contributed by atoms with E-state index in [0.29, 0.717) is 12.0 Å². The molecule has 1 aliphatic rings. The van der Waals surface area contributed by atoms with Gasteiger partial charge in [0, 0.05) is 12.6 Å². The maximum absolute atomic E-state index is 6.41. The average molecular weight is 289 g/mol. The van der Waals surface area contributed by atoms with Crippen molar-refractivity contribution in [1.82, 2.24) is 4.98 Å². The van der Waals surface area contributed by atoms with E-state index in [1.54, 1.807) is 11.3 Å². The first kappa shape index (κ1) is 13.7. The first-order valence-corrected chi connectivity index (χ1v) is 8.43. The minimum absolute atomic E-state index is 0.640.